The Balaban J connectivity index is 2.19. The van der Waals surface area contributed by atoms with Gasteiger partial charge in [-0.3, -0.25) is 4.79 Å². The minimum atomic E-state index is -0.702. The highest BCUT2D eigenvalue weighted by atomic mass is 32.1. The molecule has 1 amide bonds. The average Bonchev–Trinajstić information content (AvgIpc) is 2.81. The van der Waals surface area contributed by atoms with Crippen LogP contribution in [0.5, 0.6) is 0 Å². The number of rotatable bonds is 4. The van der Waals surface area contributed by atoms with Crippen LogP contribution in [0.4, 0.5) is 10.1 Å². The normalized spacial score (nSPS) is 12.1. The van der Waals surface area contributed by atoms with E-state index in [9.17, 15) is 9.18 Å². The Kier molecular flexibility index (Phi) is 3.34. The first-order valence-electron chi connectivity index (χ1n) is 4.86. The highest BCUT2D eigenvalue weighted by molar-refractivity contribution is 7.07. The number of thiazole rings is 1. The van der Waals surface area contributed by atoms with Gasteiger partial charge >= 0.3 is 0 Å². The summed E-state index contributed by atoms with van der Waals surface area (Å²) in [6.45, 7) is 0. The van der Waals surface area contributed by atoms with Gasteiger partial charge in [-0.05, 0) is 24.3 Å². The zero-order chi connectivity index (χ0) is 12.3. The van der Waals surface area contributed by atoms with Crippen molar-refractivity contribution in [2.75, 3.05) is 5.32 Å². The van der Waals surface area contributed by atoms with Crippen molar-refractivity contribution in [2.45, 2.75) is 6.04 Å². The van der Waals surface area contributed by atoms with Crippen LogP contribution >= 0.6 is 11.3 Å². The van der Waals surface area contributed by atoms with E-state index < -0.39 is 11.9 Å². The lowest BCUT2D eigenvalue weighted by molar-refractivity contribution is -0.118. The summed E-state index contributed by atoms with van der Waals surface area (Å²) in [6, 6.07) is 4.99. The largest absolute Gasteiger partial charge is 0.369 e. The van der Waals surface area contributed by atoms with Crippen molar-refractivity contribution in [3.8, 4) is 0 Å². The molecule has 6 heteroatoms. The van der Waals surface area contributed by atoms with Gasteiger partial charge in [0.1, 0.15) is 11.9 Å². The molecule has 1 atom stereocenters. The van der Waals surface area contributed by atoms with Crippen LogP contribution in [0.25, 0.3) is 0 Å². The Labute approximate surface area is 101 Å². The fourth-order valence-corrected chi connectivity index (χ4v) is 1.95. The van der Waals surface area contributed by atoms with Crippen molar-refractivity contribution in [2.24, 2.45) is 5.73 Å². The summed E-state index contributed by atoms with van der Waals surface area (Å²) in [5.74, 6) is -0.861. The molecule has 0 saturated carbocycles. The molecule has 1 aromatic heterocycles. The number of hydrogen-bond acceptors (Lipinski definition) is 4. The molecular weight excluding hydrogens is 241 g/mol. The van der Waals surface area contributed by atoms with Crippen LogP contribution < -0.4 is 11.1 Å². The predicted octanol–water partition coefficient (Wildman–Crippen LogP) is 1.92. The van der Waals surface area contributed by atoms with Gasteiger partial charge in [-0.2, -0.15) is 0 Å². The maximum absolute atomic E-state index is 12.7. The molecule has 0 fully saturated rings. The topological polar surface area (TPSA) is 68.0 Å². The number of aromatic nitrogens is 1. The van der Waals surface area contributed by atoms with E-state index >= 15 is 0 Å². The van der Waals surface area contributed by atoms with Crippen LogP contribution in [0.1, 0.15) is 11.7 Å². The van der Waals surface area contributed by atoms with Gasteiger partial charge in [0.25, 0.3) is 0 Å². The lowest BCUT2D eigenvalue weighted by Gasteiger charge is -2.14. The lowest BCUT2D eigenvalue weighted by atomic mass is 10.2. The molecule has 1 aromatic carbocycles. The molecule has 0 aliphatic rings. The van der Waals surface area contributed by atoms with Crippen LogP contribution in [-0.2, 0) is 4.79 Å². The first-order chi connectivity index (χ1) is 8.16. The monoisotopic (exact) mass is 251 g/mol. The molecular formula is C11H10FN3OS. The van der Waals surface area contributed by atoms with Gasteiger partial charge in [0.05, 0.1) is 11.2 Å². The van der Waals surface area contributed by atoms with E-state index in [2.05, 4.69) is 10.3 Å². The summed E-state index contributed by atoms with van der Waals surface area (Å²) >= 11 is 1.38. The molecule has 88 valence electrons. The van der Waals surface area contributed by atoms with Crippen molar-refractivity contribution < 1.29 is 9.18 Å². The molecule has 2 aromatic rings. The van der Waals surface area contributed by atoms with E-state index in [1.807, 2.05) is 0 Å². The number of nitrogens with zero attached hydrogens (tertiary/aromatic N) is 1. The molecule has 17 heavy (non-hydrogen) atoms. The maximum Gasteiger partial charge on any atom is 0.246 e. The molecule has 1 unspecified atom stereocenters. The van der Waals surface area contributed by atoms with Gasteiger partial charge in [0, 0.05) is 11.1 Å². The molecule has 0 spiro atoms. The van der Waals surface area contributed by atoms with E-state index in [4.69, 9.17) is 5.73 Å². The fourth-order valence-electron chi connectivity index (χ4n) is 1.37. The van der Waals surface area contributed by atoms with Gasteiger partial charge in [0.2, 0.25) is 5.91 Å². The number of nitrogens with two attached hydrogens (primary N) is 1. The molecule has 4 nitrogen and oxygen atoms in total. The predicted molar refractivity (Wildman–Crippen MR) is 64.1 cm³/mol. The summed E-state index contributed by atoms with van der Waals surface area (Å²) in [4.78, 5) is 15.4. The molecule has 0 radical (unpaired) electrons. The molecule has 2 rings (SSSR count). The van der Waals surface area contributed by atoms with Crippen LogP contribution in [0.15, 0.2) is 35.2 Å². The third-order valence-electron chi connectivity index (χ3n) is 2.19. The zero-order valence-electron chi connectivity index (χ0n) is 8.76. The smallest absolute Gasteiger partial charge is 0.246 e. The van der Waals surface area contributed by atoms with Crippen LogP contribution in [0.2, 0.25) is 0 Å². The summed E-state index contributed by atoms with van der Waals surface area (Å²) in [6.07, 6.45) is 0. The van der Waals surface area contributed by atoms with Crippen molar-refractivity contribution in [1.29, 1.82) is 0 Å². The van der Waals surface area contributed by atoms with Crippen LogP contribution in [0, 0.1) is 5.82 Å². The first-order valence-corrected chi connectivity index (χ1v) is 5.80. The third kappa shape index (κ3) is 2.79. The number of carbonyl (C=O) groups is 1. The maximum atomic E-state index is 12.7. The van der Waals surface area contributed by atoms with Gasteiger partial charge in [-0.1, -0.05) is 0 Å². The Morgan fingerprint density at radius 2 is 2.12 bits per heavy atom. The number of amides is 1. The average molecular weight is 251 g/mol. The number of carbonyl (C=O) groups excluding carboxylic acids is 1. The second-order valence-electron chi connectivity index (χ2n) is 3.40. The first kappa shape index (κ1) is 11.5. The molecule has 1 heterocycles. The van der Waals surface area contributed by atoms with Gasteiger partial charge in [-0.25, -0.2) is 9.37 Å². The van der Waals surface area contributed by atoms with Gasteiger partial charge < -0.3 is 11.1 Å². The number of benzene rings is 1. The van der Waals surface area contributed by atoms with Crippen molar-refractivity contribution in [3.05, 3.63) is 46.7 Å². The minimum absolute atomic E-state index is 0.333. The van der Waals surface area contributed by atoms with Crippen molar-refractivity contribution >= 4 is 22.9 Å². The Morgan fingerprint density at radius 3 is 2.65 bits per heavy atom. The number of hydrogen-bond donors (Lipinski definition) is 2. The fraction of sp³-hybridized carbons (Fsp3) is 0.0909. The molecule has 0 saturated heterocycles. The van der Waals surface area contributed by atoms with Gasteiger partial charge in [0.15, 0.2) is 0 Å². The van der Waals surface area contributed by atoms with Crippen LogP contribution in [-0.4, -0.2) is 10.9 Å². The van der Waals surface area contributed by atoms with E-state index in [0.717, 1.165) is 0 Å². The van der Waals surface area contributed by atoms with E-state index in [0.29, 0.717) is 11.4 Å². The summed E-state index contributed by atoms with van der Waals surface area (Å²) in [5.41, 5.74) is 8.09. The van der Waals surface area contributed by atoms with E-state index in [-0.39, 0.29) is 5.82 Å². The summed E-state index contributed by atoms with van der Waals surface area (Å²) < 4.78 is 12.7. The van der Waals surface area contributed by atoms with Crippen LogP contribution in [0.3, 0.4) is 0 Å². The van der Waals surface area contributed by atoms with E-state index in [1.54, 1.807) is 10.9 Å². The Hall–Kier alpha value is -1.95. The highest BCUT2D eigenvalue weighted by Crippen LogP contribution is 2.19. The quantitative estimate of drug-likeness (QED) is 0.872. The molecule has 3 N–H and O–H groups in total. The molecule has 0 aliphatic carbocycles. The van der Waals surface area contributed by atoms with Gasteiger partial charge in [-0.15, -0.1) is 11.3 Å². The summed E-state index contributed by atoms with van der Waals surface area (Å²) in [5, 5.41) is 4.65. The highest BCUT2D eigenvalue weighted by Gasteiger charge is 2.19. The number of anilines is 1. The number of halogens is 1. The number of nitrogens with one attached hydrogen (secondary N) is 1. The molecule has 0 bridgehead atoms. The van der Waals surface area contributed by atoms with Crippen molar-refractivity contribution in [1.82, 2.24) is 4.98 Å². The molecule has 0 aliphatic heterocycles. The minimum Gasteiger partial charge on any atom is -0.369 e. The SMILES string of the molecule is NC(=O)C(Nc1ccc(F)cc1)c1cscn1. The third-order valence-corrected chi connectivity index (χ3v) is 2.79. The second kappa shape index (κ2) is 4.92. The Morgan fingerprint density at radius 1 is 1.41 bits per heavy atom. The number of primary amides is 1. The summed E-state index contributed by atoms with van der Waals surface area (Å²) in [7, 11) is 0. The Bertz CT molecular complexity index is 498. The standard InChI is InChI=1S/C11H10FN3OS/c12-7-1-3-8(4-2-7)15-10(11(13)16)9-5-17-6-14-9/h1-6,10,15H,(H2,13,16). The lowest BCUT2D eigenvalue weighted by Crippen LogP contribution is -2.27. The second-order valence-corrected chi connectivity index (χ2v) is 4.12. The zero-order valence-corrected chi connectivity index (χ0v) is 9.58. The van der Waals surface area contributed by atoms with E-state index in [1.165, 1.54) is 35.6 Å². The van der Waals surface area contributed by atoms with Crippen molar-refractivity contribution in [3.63, 3.8) is 0 Å².